The molecule has 1 heterocycles. The molecule has 140 valence electrons. The molecule has 0 aliphatic carbocycles. The van der Waals surface area contributed by atoms with Gasteiger partial charge in [-0.2, -0.15) is 0 Å². The lowest BCUT2D eigenvalue weighted by Gasteiger charge is -2.36. The fourth-order valence-corrected chi connectivity index (χ4v) is 5.57. The average molecular weight is 388 g/mol. The third kappa shape index (κ3) is 4.01. The third-order valence-corrected chi connectivity index (χ3v) is 7.62. The van der Waals surface area contributed by atoms with Crippen LogP contribution in [0.4, 0.5) is 11.4 Å². The van der Waals surface area contributed by atoms with Gasteiger partial charge in [0, 0.05) is 22.9 Å². The van der Waals surface area contributed by atoms with Gasteiger partial charge in [0.15, 0.2) is 0 Å². The monoisotopic (exact) mass is 387 g/mol. The molecule has 2 nitrogen and oxygen atoms in total. The average Bonchev–Trinajstić information content (AvgIpc) is 2.84. The van der Waals surface area contributed by atoms with Crippen LogP contribution in [-0.4, -0.2) is 23.7 Å². The lowest BCUT2D eigenvalue weighted by molar-refractivity contribution is 0.295. The molecule has 1 N–H and O–H groups in total. The Hall–Kier alpha value is -1.26. The first-order valence-corrected chi connectivity index (χ1v) is 11.7. The number of para-hydroxylation sites is 1. The van der Waals surface area contributed by atoms with E-state index in [-0.39, 0.29) is 0 Å². The normalized spacial score (nSPS) is 19.9. The van der Waals surface area contributed by atoms with E-state index in [0.29, 0.717) is 11.2 Å². The number of fused-ring (bicyclic) bond motifs is 1. The molecule has 0 aromatic heterocycles. The molecule has 0 amide bonds. The Morgan fingerprint density at radius 1 is 1.19 bits per heavy atom. The number of hydrogen-bond donors (Lipinski definition) is 1. The first-order valence-electron chi connectivity index (χ1n) is 9.49. The zero-order valence-corrected chi connectivity index (χ0v) is 17.6. The van der Waals surface area contributed by atoms with Crippen LogP contribution in [0.3, 0.4) is 0 Å². The van der Waals surface area contributed by atoms with Crippen LogP contribution in [0.1, 0.15) is 39.5 Å². The van der Waals surface area contributed by atoms with Crippen LogP contribution >= 0.6 is 23.5 Å². The van der Waals surface area contributed by atoms with Crippen molar-refractivity contribution in [1.82, 2.24) is 0 Å². The van der Waals surface area contributed by atoms with E-state index in [0.717, 1.165) is 17.2 Å². The van der Waals surface area contributed by atoms with Gasteiger partial charge in [0.1, 0.15) is 5.75 Å². The summed E-state index contributed by atoms with van der Waals surface area (Å²) in [6.07, 6.45) is 6.97. The van der Waals surface area contributed by atoms with Gasteiger partial charge in [-0.1, -0.05) is 44.9 Å². The van der Waals surface area contributed by atoms with Crippen molar-refractivity contribution in [2.45, 2.75) is 49.3 Å². The van der Waals surface area contributed by atoms with E-state index in [9.17, 15) is 5.11 Å². The van der Waals surface area contributed by atoms with Crippen LogP contribution in [0, 0.1) is 5.41 Å². The summed E-state index contributed by atoms with van der Waals surface area (Å²) in [5, 5.41) is 10.4. The Balaban J connectivity index is 2.09. The summed E-state index contributed by atoms with van der Waals surface area (Å²) in [4.78, 5) is 4.62. The number of anilines is 2. The Labute approximate surface area is 166 Å². The van der Waals surface area contributed by atoms with Crippen molar-refractivity contribution in [3.8, 4) is 5.75 Å². The molecule has 0 radical (unpaired) electrons. The van der Waals surface area contributed by atoms with E-state index >= 15 is 0 Å². The van der Waals surface area contributed by atoms with Crippen molar-refractivity contribution in [1.29, 1.82) is 0 Å². The molecule has 3 rings (SSSR count). The number of unbranched alkanes of at least 4 members (excludes halogenated alkanes) is 1. The van der Waals surface area contributed by atoms with Crippen LogP contribution in [0.5, 0.6) is 5.75 Å². The van der Waals surface area contributed by atoms with Gasteiger partial charge in [0.2, 0.25) is 0 Å². The van der Waals surface area contributed by atoms with E-state index in [1.54, 1.807) is 11.8 Å². The summed E-state index contributed by atoms with van der Waals surface area (Å²) in [5.74, 6) is 1.51. The zero-order chi connectivity index (χ0) is 18.6. The maximum Gasteiger partial charge on any atom is 0.130 e. The molecule has 26 heavy (non-hydrogen) atoms. The molecule has 2 aromatic rings. The van der Waals surface area contributed by atoms with Crippen LogP contribution in [-0.2, 0) is 0 Å². The minimum Gasteiger partial charge on any atom is -0.507 e. The van der Waals surface area contributed by atoms with Crippen molar-refractivity contribution in [2.75, 3.05) is 23.5 Å². The maximum absolute atomic E-state index is 10.4. The SMILES string of the molecule is CCCCC1(CC)CSc2cc(O)c(SC)cc2N(c2ccccc2)C1. The van der Waals surface area contributed by atoms with Crippen molar-refractivity contribution < 1.29 is 5.11 Å². The first-order chi connectivity index (χ1) is 12.6. The summed E-state index contributed by atoms with van der Waals surface area (Å²) in [5.41, 5.74) is 2.77. The molecule has 1 unspecified atom stereocenters. The number of phenols is 1. The number of nitrogens with zero attached hydrogens (tertiary/aromatic N) is 1. The van der Waals surface area contributed by atoms with Crippen molar-refractivity contribution in [3.05, 3.63) is 42.5 Å². The second-order valence-electron chi connectivity index (χ2n) is 7.16. The number of thioether (sulfide) groups is 2. The Kier molecular flexibility index (Phi) is 6.46. The number of rotatable bonds is 6. The van der Waals surface area contributed by atoms with Gasteiger partial charge in [-0.15, -0.1) is 23.5 Å². The van der Waals surface area contributed by atoms with Gasteiger partial charge in [0.05, 0.1) is 10.6 Å². The van der Waals surface area contributed by atoms with Gasteiger partial charge in [-0.05, 0) is 48.8 Å². The highest BCUT2D eigenvalue weighted by Crippen LogP contribution is 2.49. The topological polar surface area (TPSA) is 23.5 Å². The summed E-state index contributed by atoms with van der Waals surface area (Å²) in [6, 6.07) is 14.8. The van der Waals surface area contributed by atoms with Gasteiger partial charge in [-0.3, -0.25) is 0 Å². The molecule has 2 aromatic carbocycles. The predicted molar refractivity (Wildman–Crippen MR) is 116 cm³/mol. The standard InChI is InChI=1S/C22H29NOS2/c1-4-6-12-22(5-2)15-23(17-10-8-7-9-11-17)18-13-21(25-3)19(24)14-20(18)26-16-22/h7-11,13-14,24H,4-6,12,15-16H2,1-3H3. The van der Waals surface area contributed by atoms with Crippen molar-refractivity contribution in [3.63, 3.8) is 0 Å². The van der Waals surface area contributed by atoms with Crippen LogP contribution in [0.2, 0.25) is 0 Å². The Morgan fingerprint density at radius 3 is 2.62 bits per heavy atom. The minimum absolute atomic E-state index is 0.296. The molecule has 1 aliphatic heterocycles. The second-order valence-corrected chi connectivity index (χ2v) is 9.02. The fraction of sp³-hybridized carbons (Fsp3) is 0.455. The molecule has 0 bridgehead atoms. The Bertz CT molecular complexity index is 734. The second kappa shape index (κ2) is 8.62. The molecular formula is C22H29NOS2. The highest BCUT2D eigenvalue weighted by Gasteiger charge is 2.35. The zero-order valence-electron chi connectivity index (χ0n) is 16.0. The number of hydrogen-bond acceptors (Lipinski definition) is 4. The van der Waals surface area contributed by atoms with E-state index in [2.05, 4.69) is 55.1 Å². The molecule has 1 aliphatic rings. The highest BCUT2D eigenvalue weighted by atomic mass is 32.2. The molecule has 0 spiro atoms. The number of aromatic hydroxyl groups is 1. The predicted octanol–water partition coefficient (Wildman–Crippen LogP) is 6.94. The van der Waals surface area contributed by atoms with Gasteiger partial charge in [0.25, 0.3) is 0 Å². The van der Waals surface area contributed by atoms with Gasteiger partial charge in [-0.25, -0.2) is 0 Å². The molecule has 0 fully saturated rings. The van der Waals surface area contributed by atoms with Gasteiger partial charge >= 0.3 is 0 Å². The largest absolute Gasteiger partial charge is 0.507 e. The third-order valence-electron chi connectivity index (χ3n) is 5.46. The molecule has 0 saturated heterocycles. The van der Waals surface area contributed by atoms with Crippen LogP contribution in [0.25, 0.3) is 0 Å². The number of phenolic OH excluding ortho intramolecular Hbond substituents is 1. The Morgan fingerprint density at radius 2 is 1.96 bits per heavy atom. The first kappa shape index (κ1) is 19.5. The van der Waals surface area contributed by atoms with Crippen LogP contribution in [0.15, 0.2) is 52.3 Å². The van der Waals surface area contributed by atoms with E-state index in [1.165, 1.54) is 42.0 Å². The summed E-state index contributed by atoms with van der Waals surface area (Å²) in [7, 11) is 0. The quantitative estimate of drug-likeness (QED) is 0.542. The highest BCUT2D eigenvalue weighted by molar-refractivity contribution is 7.99. The summed E-state index contributed by atoms with van der Waals surface area (Å²) in [6.45, 7) is 5.64. The number of benzene rings is 2. The van der Waals surface area contributed by atoms with E-state index < -0.39 is 0 Å². The fourth-order valence-electron chi connectivity index (χ4n) is 3.66. The van der Waals surface area contributed by atoms with E-state index in [4.69, 9.17) is 0 Å². The van der Waals surface area contributed by atoms with Crippen LogP contribution < -0.4 is 4.90 Å². The van der Waals surface area contributed by atoms with E-state index in [1.807, 2.05) is 24.1 Å². The van der Waals surface area contributed by atoms with Crippen molar-refractivity contribution in [2.24, 2.45) is 5.41 Å². The molecular weight excluding hydrogens is 358 g/mol. The lowest BCUT2D eigenvalue weighted by atomic mass is 9.81. The summed E-state index contributed by atoms with van der Waals surface area (Å²) >= 11 is 3.52. The smallest absolute Gasteiger partial charge is 0.130 e. The lowest BCUT2D eigenvalue weighted by Crippen LogP contribution is -2.35. The summed E-state index contributed by atoms with van der Waals surface area (Å²) < 4.78 is 0. The molecule has 0 saturated carbocycles. The maximum atomic E-state index is 10.4. The van der Waals surface area contributed by atoms with Gasteiger partial charge < -0.3 is 10.0 Å². The molecule has 1 atom stereocenters. The minimum atomic E-state index is 0.296. The van der Waals surface area contributed by atoms with Crippen molar-refractivity contribution >= 4 is 34.9 Å². The molecule has 4 heteroatoms.